The standard InChI is InChI=1S/C18H19ClN2S/c1-21(2)12-11-14(13-20)17-5-3-4-6-18(17)22-16-9-7-15(19)8-10-16/h3-10,14H,11-12H2,1-2H3/p+1/t14-/m1/s1. The van der Waals surface area contributed by atoms with Gasteiger partial charge >= 0.3 is 0 Å². The zero-order valence-corrected chi connectivity index (χ0v) is 14.4. The zero-order valence-electron chi connectivity index (χ0n) is 12.8. The number of halogens is 1. The van der Waals surface area contributed by atoms with Crippen LogP contribution in [0.4, 0.5) is 0 Å². The van der Waals surface area contributed by atoms with Crippen molar-refractivity contribution in [3.05, 3.63) is 59.1 Å². The SMILES string of the molecule is C[NH+](C)CC[C@H](C#N)c1ccccc1Sc1ccc(Cl)cc1. The lowest BCUT2D eigenvalue weighted by Crippen LogP contribution is -3.05. The minimum Gasteiger partial charge on any atom is -0.340 e. The van der Waals surface area contributed by atoms with Crippen molar-refractivity contribution < 1.29 is 4.90 Å². The highest BCUT2D eigenvalue weighted by Gasteiger charge is 2.16. The molecule has 0 spiro atoms. The van der Waals surface area contributed by atoms with Crippen molar-refractivity contribution in [2.45, 2.75) is 22.1 Å². The Balaban J connectivity index is 2.21. The van der Waals surface area contributed by atoms with Gasteiger partial charge in [0.15, 0.2) is 0 Å². The molecule has 0 unspecified atom stereocenters. The fourth-order valence-corrected chi connectivity index (χ4v) is 3.34. The molecule has 1 N–H and O–H groups in total. The van der Waals surface area contributed by atoms with Gasteiger partial charge < -0.3 is 4.90 Å². The van der Waals surface area contributed by atoms with Crippen molar-refractivity contribution in [1.29, 1.82) is 5.26 Å². The van der Waals surface area contributed by atoms with Crippen LogP contribution in [0.15, 0.2) is 58.3 Å². The van der Waals surface area contributed by atoms with Gasteiger partial charge in [-0.2, -0.15) is 5.26 Å². The Labute approximate surface area is 141 Å². The van der Waals surface area contributed by atoms with E-state index in [0.29, 0.717) is 0 Å². The fraction of sp³-hybridized carbons (Fsp3) is 0.278. The zero-order chi connectivity index (χ0) is 15.9. The maximum atomic E-state index is 9.53. The first-order chi connectivity index (χ1) is 10.6. The molecular formula is C18H20ClN2S+. The normalized spacial score (nSPS) is 12.1. The van der Waals surface area contributed by atoms with Gasteiger partial charge in [-0.05, 0) is 35.9 Å². The molecule has 0 saturated carbocycles. The molecule has 0 saturated heterocycles. The maximum absolute atomic E-state index is 9.53. The molecule has 2 rings (SSSR count). The predicted molar refractivity (Wildman–Crippen MR) is 92.7 cm³/mol. The first kappa shape index (κ1) is 16.9. The molecule has 2 aromatic carbocycles. The molecule has 22 heavy (non-hydrogen) atoms. The summed E-state index contributed by atoms with van der Waals surface area (Å²) in [6.07, 6.45) is 0.872. The number of hydrogen-bond acceptors (Lipinski definition) is 2. The van der Waals surface area contributed by atoms with Gasteiger partial charge in [0.2, 0.25) is 0 Å². The van der Waals surface area contributed by atoms with Gasteiger partial charge in [0.25, 0.3) is 0 Å². The van der Waals surface area contributed by atoms with Crippen LogP contribution in [0.25, 0.3) is 0 Å². The summed E-state index contributed by atoms with van der Waals surface area (Å²) in [4.78, 5) is 3.64. The number of nitriles is 1. The molecule has 0 aliphatic rings. The van der Waals surface area contributed by atoms with Gasteiger partial charge in [0.05, 0.1) is 32.6 Å². The number of quaternary nitrogens is 1. The van der Waals surface area contributed by atoms with Gasteiger partial charge in [-0.1, -0.05) is 41.6 Å². The average Bonchev–Trinajstić information content (AvgIpc) is 2.51. The lowest BCUT2D eigenvalue weighted by Gasteiger charge is -2.15. The topological polar surface area (TPSA) is 28.2 Å². The van der Waals surface area contributed by atoms with Crippen LogP contribution in [0.1, 0.15) is 17.9 Å². The van der Waals surface area contributed by atoms with Crippen LogP contribution in [0, 0.1) is 11.3 Å². The van der Waals surface area contributed by atoms with E-state index in [1.807, 2.05) is 36.4 Å². The minimum atomic E-state index is -0.0640. The lowest BCUT2D eigenvalue weighted by molar-refractivity contribution is -0.858. The summed E-state index contributed by atoms with van der Waals surface area (Å²) in [7, 11) is 4.23. The third kappa shape index (κ3) is 4.78. The second kappa shape index (κ2) is 8.24. The van der Waals surface area contributed by atoms with Crippen LogP contribution >= 0.6 is 23.4 Å². The van der Waals surface area contributed by atoms with Crippen molar-refractivity contribution >= 4 is 23.4 Å². The van der Waals surface area contributed by atoms with Crippen LogP contribution < -0.4 is 4.90 Å². The molecule has 0 radical (unpaired) electrons. The number of nitrogens with one attached hydrogen (secondary N) is 1. The molecule has 0 aromatic heterocycles. The fourth-order valence-electron chi connectivity index (χ4n) is 2.21. The smallest absolute Gasteiger partial charge is 0.0782 e. The summed E-state index contributed by atoms with van der Waals surface area (Å²) in [6, 6.07) is 18.4. The molecule has 0 aliphatic heterocycles. The van der Waals surface area contributed by atoms with Gasteiger partial charge in [0.1, 0.15) is 0 Å². The van der Waals surface area contributed by atoms with Crippen LogP contribution in [0.3, 0.4) is 0 Å². The van der Waals surface area contributed by atoms with Gasteiger partial charge in [0, 0.05) is 21.2 Å². The first-order valence-electron chi connectivity index (χ1n) is 7.31. The van der Waals surface area contributed by atoms with Crippen LogP contribution in [-0.4, -0.2) is 20.6 Å². The molecule has 0 aliphatic carbocycles. The Morgan fingerprint density at radius 3 is 2.45 bits per heavy atom. The molecule has 0 heterocycles. The van der Waals surface area contributed by atoms with Crippen molar-refractivity contribution in [3.8, 4) is 6.07 Å². The Kier molecular flexibility index (Phi) is 6.33. The van der Waals surface area contributed by atoms with Crippen LogP contribution in [-0.2, 0) is 0 Å². The van der Waals surface area contributed by atoms with E-state index in [4.69, 9.17) is 11.6 Å². The van der Waals surface area contributed by atoms with Gasteiger partial charge in [-0.25, -0.2) is 0 Å². The Morgan fingerprint density at radius 1 is 1.14 bits per heavy atom. The predicted octanol–water partition coefficient (Wildman–Crippen LogP) is 3.63. The molecule has 0 fully saturated rings. The van der Waals surface area contributed by atoms with Crippen molar-refractivity contribution in [2.24, 2.45) is 0 Å². The van der Waals surface area contributed by atoms with E-state index in [0.717, 1.165) is 33.3 Å². The number of nitrogens with zero attached hydrogens (tertiary/aromatic N) is 1. The molecule has 1 atom stereocenters. The minimum absolute atomic E-state index is 0.0640. The highest BCUT2D eigenvalue weighted by atomic mass is 35.5. The molecule has 114 valence electrons. The Morgan fingerprint density at radius 2 is 1.82 bits per heavy atom. The van der Waals surface area contributed by atoms with E-state index in [2.05, 4.69) is 32.3 Å². The van der Waals surface area contributed by atoms with Gasteiger partial charge in [-0.3, -0.25) is 0 Å². The van der Waals surface area contributed by atoms with Gasteiger partial charge in [-0.15, -0.1) is 0 Å². The van der Waals surface area contributed by atoms with E-state index in [1.165, 1.54) is 4.90 Å². The number of hydrogen-bond donors (Lipinski definition) is 1. The first-order valence-corrected chi connectivity index (χ1v) is 8.50. The van der Waals surface area contributed by atoms with E-state index in [1.54, 1.807) is 11.8 Å². The summed E-state index contributed by atoms with van der Waals surface area (Å²) in [5.41, 5.74) is 1.12. The summed E-state index contributed by atoms with van der Waals surface area (Å²) in [5.74, 6) is -0.0640. The van der Waals surface area contributed by atoms with Crippen LogP contribution in [0.5, 0.6) is 0 Å². The second-order valence-corrected chi connectivity index (χ2v) is 7.07. The second-order valence-electron chi connectivity index (χ2n) is 5.52. The summed E-state index contributed by atoms with van der Waals surface area (Å²) < 4.78 is 0. The Hall–Kier alpha value is -1.47. The average molecular weight is 332 g/mol. The van der Waals surface area contributed by atoms with Crippen molar-refractivity contribution in [3.63, 3.8) is 0 Å². The highest BCUT2D eigenvalue weighted by Crippen LogP contribution is 2.35. The quantitative estimate of drug-likeness (QED) is 0.875. The van der Waals surface area contributed by atoms with E-state index in [9.17, 15) is 5.26 Å². The third-order valence-electron chi connectivity index (χ3n) is 3.42. The monoisotopic (exact) mass is 331 g/mol. The largest absolute Gasteiger partial charge is 0.340 e. The third-order valence-corrected chi connectivity index (χ3v) is 4.78. The summed E-state index contributed by atoms with van der Waals surface area (Å²) >= 11 is 7.62. The number of benzene rings is 2. The van der Waals surface area contributed by atoms with E-state index < -0.39 is 0 Å². The molecular weight excluding hydrogens is 312 g/mol. The van der Waals surface area contributed by atoms with E-state index in [-0.39, 0.29) is 5.92 Å². The number of rotatable bonds is 6. The van der Waals surface area contributed by atoms with E-state index >= 15 is 0 Å². The summed E-state index contributed by atoms with van der Waals surface area (Å²) in [6.45, 7) is 0.984. The van der Waals surface area contributed by atoms with Crippen LogP contribution in [0.2, 0.25) is 5.02 Å². The molecule has 0 amide bonds. The molecule has 0 bridgehead atoms. The molecule has 2 nitrogen and oxygen atoms in total. The Bertz CT molecular complexity index is 647. The van der Waals surface area contributed by atoms with Crippen molar-refractivity contribution in [2.75, 3.05) is 20.6 Å². The summed E-state index contributed by atoms with van der Waals surface area (Å²) in [5, 5.41) is 10.3. The molecule has 2 aromatic rings. The molecule has 4 heteroatoms. The lowest BCUT2D eigenvalue weighted by atomic mass is 9.97. The highest BCUT2D eigenvalue weighted by molar-refractivity contribution is 7.99. The maximum Gasteiger partial charge on any atom is 0.0782 e. The van der Waals surface area contributed by atoms with Crippen molar-refractivity contribution in [1.82, 2.24) is 0 Å².